The van der Waals surface area contributed by atoms with Gasteiger partial charge in [-0.1, -0.05) is 15.9 Å². The summed E-state index contributed by atoms with van der Waals surface area (Å²) in [7, 11) is 1.89. The van der Waals surface area contributed by atoms with Crippen LogP contribution in [-0.4, -0.2) is 20.0 Å². The molecule has 0 aliphatic rings. The third kappa shape index (κ3) is 1.81. The third-order valence-electron chi connectivity index (χ3n) is 2.64. The second-order valence-electron chi connectivity index (χ2n) is 3.79. The average Bonchev–Trinajstić information content (AvgIpc) is 2.96. The summed E-state index contributed by atoms with van der Waals surface area (Å²) in [5, 5.41) is 13.1. The number of fused-ring (bicyclic) bond motifs is 1. The monoisotopic (exact) mass is 326 g/mol. The van der Waals surface area contributed by atoms with Crippen molar-refractivity contribution in [1.29, 1.82) is 0 Å². The Morgan fingerprint density at radius 1 is 1.39 bits per heavy atom. The van der Waals surface area contributed by atoms with Gasteiger partial charge in [-0.25, -0.2) is 0 Å². The summed E-state index contributed by atoms with van der Waals surface area (Å²) in [4.78, 5) is 0. The summed E-state index contributed by atoms with van der Waals surface area (Å²) in [6, 6.07) is 3.92. The van der Waals surface area contributed by atoms with Gasteiger partial charge in [-0.2, -0.15) is 5.10 Å². The van der Waals surface area contributed by atoms with Crippen molar-refractivity contribution in [3.05, 3.63) is 28.7 Å². The predicted octanol–water partition coefficient (Wildman–Crippen LogP) is 3.12. The first-order chi connectivity index (χ1) is 8.69. The van der Waals surface area contributed by atoms with Crippen molar-refractivity contribution in [2.24, 2.45) is 7.05 Å². The zero-order chi connectivity index (χ0) is 12.7. The summed E-state index contributed by atoms with van der Waals surface area (Å²) in [5.74, 6) is 1.06. The van der Waals surface area contributed by atoms with E-state index in [1.807, 2.05) is 19.2 Å². The first-order valence-electron chi connectivity index (χ1n) is 5.19. The SMILES string of the molecule is Cn1ncc2c(-c3nnc(CCl)o3)cc(Br)cc21. The number of alkyl halides is 1. The fourth-order valence-corrected chi connectivity index (χ4v) is 2.36. The Hall–Kier alpha value is -1.40. The van der Waals surface area contributed by atoms with Crippen LogP contribution in [0.15, 0.2) is 27.2 Å². The van der Waals surface area contributed by atoms with Crippen molar-refractivity contribution >= 4 is 38.4 Å². The second kappa shape index (κ2) is 4.37. The fourth-order valence-electron chi connectivity index (χ4n) is 1.81. The van der Waals surface area contributed by atoms with Gasteiger partial charge < -0.3 is 4.42 Å². The van der Waals surface area contributed by atoms with Gasteiger partial charge in [-0.05, 0) is 12.1 Å². The minimum atomic E-state index is 0.206. The Morgan fingerprint density at radius 3 is 2.94 bits per heavy atom. The summed E-state index contributed by atoms with van der Waals surface area (Å²) in [6.07, 6.45) is 1.78. The highest BCUT2D eigenvalue weighted by atomic mass is 79.9. The predicted molar refractivity (Wildman–Crippen MR) is 71.3 cm³/mol. The minimum absolute atomic E-state index is 0.206. The number of benzene rings is 1. The lowest BCUT2D eigenvalue weighted by molar-refractivity contribution is 0.528. The van der Waals surface area contributed by atoms with Crippen LogP contribution in [0.3, 0.4) is 0 Å². The summed E-state index contributed by atoms with van der Waals surface area (Å²) >= 11 is 9.13. The van der Waals surface area contributed by atoms with Crippen LogP contribution in [0.1, 0.15) is 5.89 Å². The zero-order valence-corrected chi connectivity index (χ0v) is 11.7. The standard InChI is InChI=1S/C11H8BrClN4O/c1-17-9-3-6(12)2-7(8(9)5-14-17)11-16-15-10(4-13)18-11/h2-3,5H,4H2,1H3. The molecule has 2 heterocycles. The van der Waals surface area contributed by atoms with E-state index >= 15 is 0 Å². The molecule has 0 aliphatic carbocycles. The van der Waals surface area contributed by atoms with E-state index in [0.717, 1.165) is 20.9 Å². The number of halogens is 2. The van der Waals surface area contributed by atoms with E-state index in [4.69, 9.17) is 16.0 Å². The first-order valence-corrected chi connectivity index (χ1v) is 6.52. The van der Waals surface area contributed by atoms with Crippen molar-refractivity contribution < 1.29 is 4.42 Å². The summed E-state index contributed by atoms with van der Waals surface area (Å²) in [5.41, 5.74) is 1.83. The number of nitrogens with zero attached hydrogens (tertiary/aromatic N) is 4. The lowest BCUT2D eigenvalue weighted by atomic mass is 10.1. The third-order valence-corrected chi connectivity index (χ3v) is 3.33. The number of hydrogen-bond acceptors (Lipinski definition) is 4. The molecule has 5 nitrogen and oxygen atoms in total. The maximum atomic E-state index is 5.66. The molecule has 0 fully saturated rings. The average molecular weight is 328 g/mol. The van der Waals surface area contributed by atoms with Crippen LogP contribution in [0, 0.1) is 0 Å². The Labute approximate surface area is 116 Å². The number of rotatable bonds is 2. The molecular formula is C11H8BrClN4O. The molecule has 3 rings (SSSR count). The zero-order valence-electron chi connectivity index (χ0n) is 9.39. The molecule has 1 aromatic carbocycles. The maximum Gasteiger partial charge on any atom is 0.248 e. The molecule has 0 unspecified atom stereocenters. The smallest absolute Gasteiger partial charge is 0.248 e. The molecule has 3 aromatic rings. The van der Waals surface area contributed by atoms with Gasteiger partial charge in [-0.3, -0.25) is 4.68 Å². The molecule has 0 saturated heterocycles. The minimum Gasteiger partial charge on any atom is -0.419 e. The molecule has 18 heavy (non-hydrogen) atoms. The van der Waals surface area contributed by atoms with Crippen LogP contribution in [-0.2, 0) is 12.9 Å². The molecular weight excluding hydrogens is 320 g/mol. The van der Waals surface area contributed by atoms with E-state index in [1.54, 1.807) is 10.9 Å². The largest absolute Gasteiger partial charge is 0.419 e. The van der Waals surface area contributed by atoms with E-state index < -0.39 is 0 Å². The van der Waals surface area contributed by atoms with Crippen LogP contribution >= 0.6 is 27.5 Å². The molecule has 0 atom stereocenters. The lowest BCUT2D eigenvalue weighted by Crippen LogP contribution is -1.89. The number of hydrogen-bond donors (Lipinski definition) is 0. The Bertz CT molecular complexity index is 721. The van der Waals surface area contributed by atoms with Crippen LogP contribution < -0.4 is 0 Å². The molecule has 2 aromatic heterocycles. The fraction of sp³-hybridized carbons (Fsp3) is 0.182. The molecule has 0 spiro atoms. The van der Waals surface area contributed by atoms with Crippen LogP contribution in [0.2, 0.25) is 0 Å². The topological polar surface area (TPSA) is 56.7 Å². The number of aromatic nitrogens is 4. The van der Waals surface area contributed by atoms with Gasteiger partial charge >= 0.3 is 0 Å². The molecule has 7 heteroatoms. The molecule has 0 N–H and O–H groups in total. The highest BCUT2D eigenvalue weighted by Gasteiger charge is 2.14. The van der Waals surface area contributed by atoms with Gasteiger partial charge in [0, 0.05) is 16.9 Å². The van der Waals surface area contributed by atoms with Crippen molar-refractivity contribution in [2.45, 2.75) is 5.88 Å². The highest BCUT2D eigenvalue weighted by molar-refractivity contribution is 9.10. The summed E-state index contributed by atoms with van der Waals surface area (Å²) < 4.78 is 8.20. The highest BCUT2D eigenvalue weighted by Crippen LogP contribution is 2.31. The molecule has 0 bridgehead atoms. The van der Waals surface area contributed by atoms with Crippen molar-refractivity contribution in [3.8, 4) is 11.5 Å². The lowest BCUT2D eigenvalue weighted by Gasteiger charge is -2.00. The Morgan fingerprint density at radius 2 is 2.22 bits per heavy atom. The van der Waals surface area contributed by atoms with Gasteiger partial charge in [0.2, 0.25) is 11.8 Å². The van der Waals surface area contributed by atoms with E-state index in [9.17, 15) is 0 Å². The maximum absolute atomic E-state index is 5.66. The second-order valence-corrected chi connectivity index (χ2v) is 4.97. The van der Waals surface area contributed by atoms with E-state index in [0.29, 0.717) is 11.8 Å². The summed E-state index contributed by atoms with van der Waals surface area (Å²) in [6.45, 7) is 0. The molecule has 0 aliphatic heterocycles. The van der Waals surface area contributed by atoms with Crippen LogP contribution in [0.25, 0.3) is 22.4 Å². The van der Waals surface area contributed by atoms with E-state index in [-0.39, 0.29) is 5.88 Å². The quantitative estimate of drug-likeness (QED) is 0.679. The molecule has 0 radical (unpaired) electrons. The van der Waals surface area contributed by atoms with Crippen molar-refractivity contribution in [1.82, 2.24) is 20.0 Å². The van der Waals surface area contributed by atoms with Crippen molar-refractivity contribution in [2.75, 3.05) is 0 Å². The normalized spacial score (nSPS) is 11.3. The Kier molecular flexibility index (Phi) is 2.83. The van der Waals surface area contributed by atoms with Gasteiger partial charge in [0.1, 0.15) is 5.88 Å². The molecule has 92 valence electrons. The van der Waals surface area contributed by atoms with Gasteiger partial charge in [0.15, 0.2) is 0 Å². The van der Waals surface area contributed by atoms with E-state index in [2.05, 4.69) is 31.2 Å². The Balaban J connectivity index is 2.27. The van der Waals surface area contributed by atoms with Crippen LogP contribution in [0.4, 0.5) is 0 Å². The van der Waals surface area contributed by atoms with Gasteiger partial charge in [0.05, 0.1) is 17.3 Å². The van der Waals surface area contributed by atoms with Gasteiger partial charge in [0.25, 0.3) is 0 Å². The van der Waals surface area contributed by atoms with Crippen LogP contribution in [0.5, 0.6) is 0 Å². The van der Waals surface area contributed by atoms with Gasteiger partial charge in [-0.15, -0.1) is 21.8 Å². The van der Waals surface area contributed by atoms with Crippen molar-refractivity contribution in [3.63, 3.8) is 0 Å². The molecule has 0 amide bonds. The first kappa shape index (κ1) is 11.7. The molecule has 0 saturated carbocycles. The van der Waals surface area contributed by atoms with E-state index in [1.165, 1.54) is 0 Å². The number of aryl methyl sites for hydroxylation is 1.